The molecule has 0 bridgehead atoms. The minimum atomic E-state index is -0.595. The van der Waals surface area contributed by atoms with Gasteiger partial charge in [-0.2, -0.15) is 0 Å². The number of hydrogen-bond donors (Lipinski definition) is 2. The fraction of sp³-hybridized carbons (Fsp3) is 0.650. The number of methoxy groups -OCH3 is 1. The van der Waals surface area contributed by atoms with Crippen LogP contribution in [0, 0.1) is 5.41 Å². The minimum absolute atomic E-state index is 0. The van der Waals surface area contributed by atoms with Gasteiger partial charge in [-0.1, -0.05) is 25.0 Å². The second kappa shape index (κ2) is 9.78. The van der Waals surface area contributed by atoms with Crippen molar-refractivity contribution in [2.75, 3.05) is 33.3 Å². The Bertz CT molecular complexity index is 585. The number of nitrogens with zero attached hydrogens (tertiary/aromatic N) is 2. The summed E-state index contributed by atoms with van der Waals surface area (Å²) in [7, 11) is 1.64. The molecular formula is C20H32IN3O2. The SMILES string of the molecule is CCNC(=NCC(O)c1ccc(OC)cc1)N1CCC2(CCCC2)C1.I. The van der Waals surface area contributed by atoms with Gasteiger partial charge in [-0.05, 0) is 49.3 Å². The molecule has 5 nitrogen and oxygen atoms in total. The molecule has 1 aromatic carbocycles. The van der Waals surface area contributed by atoms with Crippen molar-refractivity contribution >= 4 is 29.9 Å². The molecule has 0 amide bonds. The average molecular weight is 473 g/mol. The van der Waals surface area contributed by atoms with Crippen molar-refractivity contribution in [3.63, 3.8) is 0 Å². The standard InChI is InChI=1S/C20H31N3O2.HI/c1-3-21-19(23-13-12-20(15-23)10-4-5-11-20)22-14-18(24)16-6-8-17(25-2)9-7-16;/h6-9,18,24H,3-5,10-15H2,1-2H3,(H,21,22);1H. The van der Waals surface area contributed by atoms with Gasteiger partial charge in [0, 0.05) is 19.6 Å². The van der Waals surface area contributed by atoms with Crippen LogP contribution < -0.4 is 10.1 Å². The van der Waals surface area contributed by atoms with Crippen molar-refractivity contribution in [2.45, 2.75) is 45.1 Å². The lowest BCUT2D eigenvalue weighted by molar-refractivity contribution is 0.186. The molecule has 3 rings (SSSR count). The first-order valence-electron chi connectivity index (χ1n) is 9.51. The molecule has 1 aliphatic heterocycles. The van der Waals surface area contributed by atoms with Crippen molar-refractivity contribution in [1.82, 2.24) is 10.2 Å². The lowest BCUT2D eigenvalue weighted by Crippen LogP contribution is -2.41. The fourth-order valence-electron chi connectivity index (χ4n) is 4.18. The molecule has 2 N–H and O–H groups in total. The topological polar surface area (TPSA) is 57.1 Å². The Balaban J connectivity index is 0.00000243. The van der Waals surface area contributed by atoms with Crippen molar-refractivity contribution in [3.05, 3.63) is 29.8 Å². The highest BCUT2D eigenvalue weighted by atomic mass is 127. The third-order valence-corrected chi connectivity index (χ3v) is 5.65. The van der Waals surface area contributed by atoms with Crippen LogP contribution >= 0.6 is 24.0 Å². The van der Waals surface area contributed by atoms with E-state index in [4.69, 9.17) is 9.73 Å². The molecule has 146 valence electrons. The van der Waals surface area contributed by atoms with Crippen molar-refractivity contribution in [1.29, 1.82) is 0 Å². The van der Waals surface area contributed by atoms with Crippen molar-refractivity contribution < 1.29 is 9.84 Å². The van der Waals surface area contributed by atoms with Gasteiger partial charge in [0.1, 0.15) is 5.75 Å². The summed E-state index contributed by atoms with van der Waals surface area (Å²) in [5.74, 6) is 1.74. The van der Waals surface area contributed by atoms with Crippen LogP contribution in [0.4, 0.5) is 0 Å². The van der Waals surface area contributed by atoms with Crippen molar-refractivity contribution in [2.24, 2.45) is 10.4 Å². The smallest absolute Gasteiger partial charge is 0.194 e. The molecule has 0 radical (unpaired) electrons. The van der Waals surface area contributed by atoms with E-state index in [1.54, 1.807) is 7.11 Å². The number of nitrogens with one attached hydrogen (secondary N) is 1. The molecule has 2 aliphatic rings. The number of rotatable bonds is 5. The van der Waals surface area contributed by atoms with Crippen LogP contribution in [0.5, 0.6) is 5.75 Å². The van der Waals surface area contributed by atoms with Gasteiger partial charge in [0.2, 0.25) is 0 Å². The Morgan fingerprint density at radius 3 is 2.58 bits per heavy atom. The van der Waals surface area contributed by atoms with Crippen LogP contribution in [0.3, 0.4) is 0 Å². The predicted molar refractivity (Wildman–Crippen MR) is 116 cm³/mol. The highest BCUT2D eigenvalue weighted by Gasteiger charge is 2.41. The van der Waals surface area contributed by atoms with Gasteiger partial charge in [-0.25, -0.2) is 0 Å². The monoisotopic (exact) mass is 473 g/mol. The Labute approximate surface area is 174 Å². The molecule has 1 aliphatic carbocycles. The Hall–Kier alpha value is -1.02. The van der Waals surface area contributed by atoms with Crippen LogP contribution in [-0.4, -0.2) is 49.3 Å². The van der Waals surface area contributed by atoms with E-state index < -0.39 is 6.10 Å². The summed E-state index contributed by atoms with van der Waals surface area (Å²) in [4.78, 5) is 7.10. The number of likely N-dealkylation sites (tertiary alicyclic amines) is 1. The molecule has 0 aromatic heterocycles. The van der Waals surface area contributed by atoms with Gasteiger partial charge in [-0.15, -0.1) is 24.0 Å². The number of aliphatic hydroxyl groups is 1. The molecular weight excluding hydrogens is 441 g/mol. The van der Waals surface area contributed by atoms with Gasteiger partial charge >= 0.3 is 0 Å². The molecule has 1 saturated carbocycles. The number of halogens is 1. The number of hydrogen-bond acceptors (Lipinski definition) is 3. The molecule has 1 atom stereocenters. The van der Waals surface area contributed by atoms with Gasteiger partial charge in [0.05, 0.1) is 19.8 Å². The summed E-state index contributed by atoms with van der Waals surface area (Å²) in [6.45, 7) is 5.50. The fourth-order valence-corrected chi connectivity index (χ4v) is 4.18. The molecule has 1 spiro atoms. The highest BCUT2D eigenvalue weighted by molar-refractivity contribution is 14.0. The number of ether oxygens (including phenoxy) is 1. The Morgan fingerprint density at radius 2 is 1.96 bits per heavy atom. The molecule has 1 saturated heterocycles. The molecule has 1 aromatic rings. The number of aliphatic hydroxyl groups excluding tert-OH is 1. The van der Waals surface area contributed by atoms with E-state index in [9.17, 15) is 5.11 Å². The third-order valence-electron chi connectivity index (χ3n) is 5.65. The van der Waals surface area contributed by atoms with Gasteiger partial charge in [0.15, 0.2) is 5.96 Å². The zero-order chi connectivity index (χ0) is 17.7. The predicted octanol–water partition coefficient (Wildman–Crippen LogP) is 3.58. The Morgan fingerprint density at radius 1 is 1.27 bits per heavy atom. The van der Waals surface area contributed by atoms with Crippen LogP contribution in [0.25, 0.3) is 0 Å². The van der Waals surface area contributed by atoms with Gasteiger partial charge in [-0.3, -0.25) is 4.99 Å². The molecule has 2 fully saturated rings. The lowest BCUT2D eigenvalue weighted by atomic mass is 9.86. The number of guanidine groups is 1. The summed E-state index contributed by atoms with van der Waals surface area (Å²) in [6.07, 6.45) is 6.14. The van der Waals surface area contributed by atoms with E-state index in [1.807, 2.05) is 24.3 Å². The van der Waals surface area contributed by atoms with Crippen LogP contribution in [0.2, 0.25) is 0 Å². The van der Waals surface area contributed by atoms with E-state index in [0.717, 1.165) is 36.9 Å². The molecule has 1 heterocycles. The minimum Gasteiger partial charge on any atom is -0.497 e. The van der Waals surface area contributed by atoms with Crippen molar-refractivity contribution in [3.8, 4) is 5.75 Å². The quantitative estimate of drug-likeness (QED) is 0.390. The summed E-state index contributed by atoms with van der Waals surface area (Å²) < 4.78 is 5.17. The maximum atomic E-state index is 10.5. The van der Waals surface area contributed by atoms with E-state index in [1.165, 1.54) is 32.1 Å². The third kappa shape index (κ3) is 5.03. The van der Waals surface area contributed by atoms with Gasteiger partial charge < -0.3 is 20.1 Å². The molecule has 1 unspecified atom stereocenters. The van der Waals surface area contributed by atoms with Crippen LogP contribution in [0.1, 0.15) is 50.7 Å². The zero-order valence-corrected chi connectivity index (χ0v) is 18.2. The largest absolute Gasteiger partial charge is 0.497 e. The summed E-state index contributed by atoms with van der Waals surface area (Å²) in [6, 6.07) is 7.54. The first-order chi connectivity index (χ1) is 12.2. The Kier molecular flexibility index (Phi) is 8.01. The van der Waals surface area contributed by atoms with Crippen LogP contribution in [-0.2, 0) is 0 Å². The highest BCUT2D eigenvalue weighted by Crippen LogP contribution is 2.45. The van der Waals surface area contributed by atoms with E-state index in [0.29, 0.717) is 12.0 Å². The van der Waals surface area contributed by atoms with Gasteiger partial charge in [0.25, 0.3) is 0 Å². The van der Waals surface area contributed by atoms with E-state index >= 15 is 0 Å². The maximum Gasteiger partial charge on any atom is 0.194 e. The van der Waals surface area contributed by atoms with E-state index in [2.05, 4.69) is 17.1 Å². The van der Waals surface area contributed by atoms with Crippen LogP contribution in [0.15, 0.2) is 29.3 Å². The first kappa shape index (κ1) is 21.3. The zero-order valence-electron chi connectivity index (χ0n) is 15.9. The molecule has 6 heteroatoms. The first-order valence-corrected chi connectivity index (χ1v) is 9.51. The summed E-state index contributed by atoms with van der Waals surface area (Å²) >= 11 is 0. The number of aliphatic imine (C=N–C) groups is 1. The average Bonchev–Trinajstić information content (AvgIpc) is 3.28. The normalized spacial score (nSPS) is 20.1. The molecule has 26 heavy (non-hydrogen) atoms. The maximum absolute atomic E-state index is 10.5. The lowest BCUT2D eigenvalue weighted by Gasteiger charge is -2.26. The second-order valence-corrected chi connectivity index (χ2v) is 7.36. The summed E-state index contributed by atoms with van der Waals surface area (Å²) in [5.41, 5.74) is 1.39. The summed E-state index contributed by atoms with van der Waals surface area (Å²) in [5, 5.41) is 13.9. The number of benzene rings is 1. The van der Waals surface area contributed by atoms with E-state index in [-0.39, 0.29) is 24.0 Å². The second-order valence-electron chi connectivity index (χ2n) is 7.36.